The van der Waals surface area contributed by atoms with Gasteiger partial charge in [-0.3, -0.25) is 5.01 Å². The predicted molar refractivity (Wildman–Crippen MR) is 71.1 cm³/mol. The fraction of sp³-hybridized carbons (Fsp3) is 0.455. The summed E-state index contributed by atoms with van der Waals surface area (Å²) in [6, 6.07) is 3.40. The van der Waals surface area contributed by atoms with E-state index in [9.17, 15) is 13.2 Å². The van der Waals surface area contributed by atoms with Crippen molar-refractivity contribution in [3.8, 4) is 0 Å². The number of rotatable bonds is 2. The summed E-state index contributed by atoms with van der Waals surface area (Å²) in [5, 5.41) is 9.70. The SMILES string of the molecule is FC(F)(F)c1ccc(N=NN2CCOCC2)c(I)c1. The highest BCUT2D eigenvalue weighted by molar-refractivity contribution is 14.1. The number of ether oxygens (including phenoxy) is 1. The van der Waals surface area contributed by atoms with Crippen molar-refractivity contribution in [3.63, 3.8) is 0 Å². The summed E-state index contributed by atoms with van der Waals surface area (Å²) >= 11 is 1.82. The van der Waals surface area contributed by atoms with Gasteiger partial charge >= 0.3 is 6.18 Å². The average molecular weight is 385 g/mol. The molecule has 1 heterocycles. The molecule has 0 saturated carbocycles. The van der Waals surface area contributed by atoms with Crippen molar-refractivity contribution in [2.45, 2.75) is 6.18 Å². The third-order valence-electron chi connectivity index (χ3n) is 2.54. The number of benzene rings is 1. The Morgan fingerprint density at radius 2 is 1.89 bits per heavy atom. The van der Waals surface area contributed by atoms with Gasteiger partial charge in [-0.05, 0) is 40.8 Å². The van der Waals surface area contributed by atoms with E-state index in [0.717, 1.165) is 12.1 Å². The van der Waals surface area contributed by atoms with Crippen LogP contribution in [0.15, 0.2) is 28.5 Å². The Morgan fingerprint density at radius 1 is 1.21 bits per heavy atom. The van der Waals surface area contributed by atoms with Gasteiger partial charge in [-0.25, -0.2) is 0 Å². The summed E-state index contributed by atoms with van der Waals surface area (Å²) in [5.41, 5.74) is -0.248. The molecule has 0 aliphatic carbocycles. The summed E-state index contributed by atoms with van der Waals surface area (Å²) in [7, 11) is 0. The summed E-state index contributed by atoms with van der Waals surface area (Å²) in [6.07, 6.45) is -4.33. The first kappa shape index (κ1) is 14.5. The maximum absolute atomic E-state index is 12.5. The molecule has 0 N–H and O–H groups in total. The van der Waals surface area contributed by atoms with Gasteiger partial charge in [0.2, 0.25) is 0 Å². The van der Waals surface area contributed by atoms with Crippen LogP contribution < -0.4 is 0 Å². The number of hydrogen-bond acceptors (Lipinski definition) is 3. The highest BCUT2D eigenvalue weighted by Crippen LogP contribution is 2.33. The van der Waals surface area contributed by atoms with Crippen LogP contribution in [-0.4, -0.2) is 31.3 Å². The van der Waals surface area contributed by atoms with Crippen molar-refractivity contribution < 1.29 is 17.9 Å². The minimum atomic E-state index is -4.33. The lowest BCUT2D eigenvalue weighted by molar-refractivity contribution is -0.137. The first-order valence-corrected chi connectivity index (χ1v) is 6.66. The second-order valence-corrected chi connectivity index (χ2v) is 5.08. The number of halogens is 4. The van der Waals surface area contributed by atoms with E-state index in [1.165, 1.54) is 6.07 Å². The van der Waals surface area contributed by atoms with Crippen LogP contribution in [0.4, 0.5) is 18.9 Å². The molecule has 1 aromatic rings. The second-order valence-electron chi connectivity index (χ2n) is 3.92. The van der Waals surface area contributed by atoms with E-state index in [2.05, 4.69) is 10.3 Å². The van der Waals surface area contributed by atoms with Crippen LogP contribution in [0.25, 0.3) is 0 Å². The summed E-state index contributed by atoms with van der Waals surface area (Å²) in [6.45, 7) is 2.45. The lowest BCUT2D eigenvalue weighted by atomic mass is 10.2. The van der Waals surface area contributed by atoms with E-state index in [0.29, 0.717) is 35.6 Å². The molecule has 19 heavy (non-hydrogen) atoms. The van der Waals surface area contributed by atoms with Crippen molar-refractivity contribution in [1.29, 1.82) is 0 Å². The maximum atomic E-state index is 12.5. The molecule has 0 unspecified atom stereocenters. The van der Waals surface area contributed by atoms with Crippen LogP contribution in [0.2, 0.25) is 0 Å². The van der Waals surface area contributed by atoms with Crippen molar-refractivity contribution in [1.82, 2.24) is 5.01 Å². The molecule has 2 rings (SSSR count). The first-order chi connectivity index (χ1) is 8.97. The number of alkyl halides is 3. The Kier molecular flexibility index (Phi) is 4.61. The van der Waals surface area contributed by atoms with Gasteiger partial charge in [0.05, 0.1) is 31.9 Å². The Morgan fingerprint density at radius 3 is 2.47 bits per heavy atom. The fourth-order valence-electron chi connectivity index (χ4n) is 1.52. The molecule has 0 spiro atoms. The van der Waals surface area contributed by atoms with Gasteiger partial charge in [0.1, 0.15) is 5.69 Å². The van der Waals surface area contributed by atoms with E-state index in [-0.39, 0.29) is 0 Å². The Labute approximate surface area is 121 Å². The molecule has 0 amide bonds. The molecule has 8 heteroatoms. The van der Waals surface area contributed by atoms with Gasteiger partial charge in [0.25, 0.3) is 0 Å². The number of hydrogen-bond donors (Lipinski definition) is 0. The van der Waals surface area contributed by atoms with Gasteiger partial charge in [-0.1, -0.05) is 5.22 Å². The molecule has 0 aromatic heterocycles. The van der Waals surface area contributed by atoms with E-state index in [1.807, 2.05) is 22.6 Å². The number of nitrogens with zero attached hydrogens (tertiary/aromatic N) is 3. The molecule has 1 aliphatic rings. The zero-order valence-corrected chi connectivity index (χ0v) is 12.0. The lowest BCUT2D eigenvalue weighted by Gasteiger charge is -2.22. The molecule has 1 aromatic carbocycles. The van der Waals surface area contributed by atoms with E-state index in [1.54, 1.807) is 5.01 Å². The van der Waals surface area contributed by atoms with Gasteiger partial charge in [-0.2, -0.15) is 13.2 Å². The fourth-order valence-corrected chi connectivity index (χ4v) is 2.14. The average Bonchev–Trinajstić information content (AvgIpc) is 2.37. The Hall–Kier alpha value is -0.900. The Bertz CT molecular complexity index is 473. The van der Waals surface area contributed by atoms with E-state index < -0.39 is 11.7 Å². The number of morpholine rings is 1. The van der Waals surface area contributed by atoms with Crippen molar-refractivity contribution in [2.24, 2.45) is 10.3 Å². The molecule has 1 saturated heterocycles. The summed E-state index contributed by atoms with van der Waals surface area (Å²) in [4.78, 5) is 0. The van der Waals surface area contributed by atoms with Gasteiger partial charge in [0.15, 0.2) is 0 Å². The highest BCUT2D eigenvalue weighted by Gasteiger charge is 2.30. The minimum Gasteiger partial charge on any atom is -0.378 e. The molecule has 0 radical (unpaired) electrons. The monoisotopic (exact) mass is 385 g/mol. The third kappa shape index (κ3) is 4.03. The van der Waals surface area contributed by atoms with Crippen LogP contribution in [0.5, 0.6) is 0 Å². The molecular weight excluding hydrogens is 374 g/mol. The first-order valence-electron chi connectivity index (χ1n) is 5.58. The van der Waals surface area contributed by atoms with Crippen molar-refractivity contribution in [3.05, 3.63) is 27.3 Å². The third-order valence-corrected chi connectivity index (χ3v) is 3.41. The molecule has 0 atom stereocenters. The second kappa shape index (κ2) is 6.04. The van der Waals surface area contributed by atoms with Crippen molar-refractivity contribution >= 4 is 28.3 Å². The largest absolute Gasteiger partial charge is 0.416 e. The summed E-state index contributed by atoms with van der Waals surface area (Å²) < 4.78 is 43.1. The van der Waals surface area contributed by atoms with Crippen LogP contribution in [-0.2, 0) is 10.9 Å². The smallest absolute Gasteiger partial charge is 0.378 e. The van der Waals surface area contributed by atoms with E-state index in [4.69, 9.17) is 4.74 Å². The molecule has 1 fully saturated rings. The maximum Gasteiger partial charge on any atom is 0.416 e. The van der Waals surface area contributed by atoms with Crippen LogP contribution in [0, 0.1) is 3.57 Å². The molecule has 1 aliphatic heterocycles. The van der Waals surface area contributed by atoms with E-state index >= 15 is 0 Å². The van der Waals surface area contributed by atoms with Crippen LogP contribution in [0.1, 0.15) is 5.56 Å². The van der Waals surface area contributed by atoms with Gasteiger partial charge in [0, 0.05) is 3.57 Å². The topological polar surface area (TPSA) is 37.2 Å². The zero-order valence-electron chi connectivity index (χ0n) is 9.82. The predicted octanol–water partition coefficient (Wildman–Crippen LogP) is 3.64. The van der Waals surface area contributed by atoms with Crippen molar-refractivity contribution in [2.75, 3.05) is 26.3 Å². The van der Waals surface area contributed by atoms with Crippen LogP contribution >= 0.6 is 22.6 Å². The highest BCUT2D eigenvalue weighted by atomic mass is 127. The normalized spacial score (nSPS) is 17.2. The molecule has 0 bridgehead atoms. The standard InChI is InChI=1S/C11H11F3IN3O/c12-11(13,14)8-1-2-10(9(15)7-8)16-17-18-3-5-19-6-4-18/h1-2,7H,3-6H2. The molecule has 4 nitrogen and oxygen atoms in total. The Balaban J connectivity index is 2.10. The minimum absolute atomic E-state index is 0.421. The molecule has 104 valence electrons. The van der Waals surface area contributed by atoms with Gasteiger partial charge in [-0.15, -0.1) is 5.11 Å². The zero-order chi connectivity index (χ0) is 13.9. The quantitative estimate of drug-likeness (QED) is 0.576. The lowest BCUT2D eigenvalue weighted by Crippen LogP contribution is -2.31. The summed E-state index contributed by atoms with van der Waals surface area (Å²) in [5.74, 6) is 0. The van der Waals surface area contributed by atoms with Crippen LogP contribution in [0.3, 0.4) is 0 Å². The molecular formula is C11H11F3IN3O. The van der Waals surface area contributed by atoms with Gasteiger partial charge < -0.3 is 4.74 Å².